The van der Waals surface area contributed by atoms with Crippen LogP contribution in [0, 0.1) is 0 Å². The summed E-state index contributed by atoms with van der Waals surface area (Å²) in [5.41, 5.74) is 2.83. The van der Waals surface area contributed by atoms with Crippen LogP contribution in [0.25, 0.3) is 0 Å². The molecule has 1 heterocycles. The zero-order chi connectivity index (χ0) is 15.1. The monoisotopic (exact) mass is 293 g/mol. The number of hydrogen-bond acceptors (Lipinski definition) is 4. The summed E-state index contributed by atoms with van der Waals surface area (Å²) in [5, 5.41) is 10.2. The molecule has 0 amide bonds. The Kier molecular flexibility index (Phi) is 6.64. The van der Waals surface area contributed by atoms with Gasteiger partial charge in [-0.3, -0.25) is 4.90 Å². The van der Waals surface area contributed by atoms with Crippen molar-refractivity contribution in [2.24, 2.45) is 0 Å². The van der Waals surface area contributed by atoms with Crippen LogP contribution in [-0.2, 0) is 22.4 Å². The van der Waals surface area contributed by atoms with Gasteiger partial charge in [-0.25, -0.2) is 0 Å². The molecule has 2 rings (SSSR count). The Morgan fingerprint density at radius 2 is 2.00 bits per heavy atom. The highest BCUT2D eigenvalue weighted by molar-refractivity contribution is 5.28. The third-order valence-electron chi connectivity index (χ3n) is 3.88. The summed E-state index contributed by atoms with van der Waals surface area (Å²) in [6, 6.07) is 8.60. The number of β-amino-alcohol motifs (C(OH)–C–C–N with tert-alkyl or cyclic N) is 1. The van der Waals surface area contributed by atoms with Crippen LogP contribution in [0.15, 0.2) is 24.3 Å². The highest BCUT2D eigenvalue weighted by atomic mass is 16.5. The van der Waals surface area contributed by atoms with E-state index < -0.39 is 6.10 Å². The molecule has 0 spiro atoms. The van der Waals surface area contributed by atoms with Gasteiger partial charge in [0.15, 0.2) is 0 Å². The maximum Gasteiger partial charge on any atom is 0.0900 e. The topological polar surface area (TPSA) is 41.9 Å². The van der Waals surface area contributed by atoms with Crippen molar-refractivity contribution in [2.75, 3.05) is 33.4 Å². The molecule has 1 aromatic carbocycles. The van der Waals surface area contributed by atoms with E-state index in [9.17, 15) is 5.11 Å². The zero-order valence-electron chi connectivity index (χ0n) is 13.1. The number of aliphatic hydroxyl groups excluding tert-OH is 1. The first kappa shape index (κ1) is 16.4. The molecule has 4 heteroatoms. The van der Waals surface area contributed by atoms with Gasteiger partial charge in [-0.1, -0.05) is 24.3 Å². The lowest BCUT2D eigenvalue weighted by atomic mass is 10.0. The Morgan fingerprint density at radius 3 is 2.76 bits per heavy atom. The summed E-state index contributed by atoms with van der Waals surface area (Å²) in [7, 11) is 1.66. The Labute approximate surface area is 127 Å². The van der Waals surface area contributed by atoms with Crippen LogP contribution in [-0.4, -0.2) is 55.6 Å². The molecule has 2 unspecified atom stereocenters. The van der Waals surface area contributed by atoms with Crippen LogP contribution in [0.3, 0.4) is 0 Å². The van der Waals surface area contributed by atoms with E-state index in [1.54, 1.807) is 7.11 Å². The normalized spacial score (nSPS) is 18.8. The average Bonchev–Trinajstić information content (AvgIpc) is 2.67. The van der Waals surface area contributed by atoms with Crippen molar-refractivity contribution in [1.82, 2.24) is 4.90 Å². The van der Waals surface area contributed by atoms with E-state index in [1.165, 1.54) is 11.1 Å². The second-order valence-electron chi connectivity index (χ2n) is 5.86. The van der Waals surface area contributed by atoms with Gasteiger partial charge >= 0.3 is 0 Å². The van der Waals surface area contributed by atoms with Crippen LogP contribution in [0.5, 0.6) is 0 Å². The molecule has 0 fully saturated rings. The fourth-order valence-electron chi connectivity index (χ4n) is 2.83. The van der Waals surface area contributed by atoms with Crippen molar-refractivity contribution in [1.29, 1.82) is 0 Å². The van der Waals surface area contributed by atoms with Crippen molar-refractivity contribution < 1.29 is 14.6 Å². The highest BCUT2D eigenvalue weighted by Gasteiger charge is 2.17. The maximum absolute atomic E-state index is 10.2. The molecule has 0 aliphatic carbocycles. The molecule has 2 atom stereocenters. The van der Waals surface area contributed by atoms with Crippen molar-refractivity contribution in [3.8, 4) is 0 Å². The van der Waals surface area contributed by atoms with E-state index in [0.29, 0.717) is 19.8 Å². The lowest BCUT2D eigenvalue weighted by Gasteiger charge is -2.24. The quantitative estimate of drug-likeness (QED) is 0.833. The second kappa shape index (κ2) is 8.49. The number of rotatable bonds is 7. The smallest absolute Gasteiger partial charge is 0.0900 e. The Bertz CT molecular complexity index is 424. The molecule has 1 aliphatic rings. The number of methoxy groups -OCH3 is 1. The molecule has 21 heavy (non-hydrogen) atoms. The first-order valence-corrected chi connectivity index (χ1v) is 7.76. The number of hydrogen-bond donors (Lipinski definition) is 1. The minimum Gasteiger partial charge on any atom is -0.389 e. The standard InChI is InChI=1S/C17H27NO3/c1-14(12-20-2)21-13-17(19)11-18-9-5-8-15-6-3-4-7-16(15)10-18/h3-4,6-7,14,17,19H,5,8-13H2,1-2H3. The van der Waals surface area contributed by atoms with Gasteiger partial charge in [0.25, 0.3) is 0 Å². The fraction of sp³-hybridized carbons (Fsp3) is 0.647. The number of nitrogens with zero attached hydrogens (tertiary/aromatic N) is 1. The van der Waals surface area contributed by atoms with Crippen LogP contribution < -0.4 is 0 Å². The molecule has 4 nitrogen and oxygen atoms in total. The predicted molar refractivity (Wildman–Crippen MR) is 83.3 cm³/mol. The number of aliphatic hydroxyl groups is 1. The first-order valence-electron chi connectivity index (χ1n) is 7.76. The number of fused-ring (bicyclic) bond motifs is 1. The summed E-state index contributed by atoms with van der Waals surface area (Å²) in [6.45, 7) is 5.49. The molecule has 0 bridgehead atoms. The molecule has 118 valence electrons. The summed E-state index contributed by atoms with van der Waals surface area (Å²) in [4.78, 5) is 2.32. The van der Waals surface area contributed by atoms with Gasteiger partial charge < -0.3 is 14.6 Å². The Morgan fingerprint density at radius 1 is 1.24 bits per heavy atom. The Hall–Kier alpha value is -0.940. The highest BCUT2D eigenvalue weighted by Crippen LogP contribution is 2.18. The minimum atomic E-state index is -0.449. The van der Waals surface area contributed by atoms with Crippen LogP contribution in [0.2, 0.25) is 0 Å². The Balaban J connectivity index is 1.80. The average molecular weight is 293 g/mol. The summed E-state index contributed by atoms with van der Waals surface area (Å²) >= 11 is 0. The molecule has 1 N–H and O–H groups in total. The third kappa shape index (κ3) is 5.40. The van der Waals surface area contributed by atoms with E-state index in [-0.39, 0.29) is 6.10 Å². The van der Waals surface area contributed by atoms with Crippen molar-refractivity contribution in [2.45, 2.75) is 38.5 Å². The van der Waals surface area contributed by atoms with Crippen molar-refractivity contribution in [3.05, 3.63) is 35.4 Å². The SMILES string of the molecule is COCC(C)OCC(O)CN1CCCc2ccccc2C1. The summed E-state index contributed by atoms with van der Waals surface area (Å²) < 4.78 is 10.6. The lowest BCUT2D eigenvalue weighted by Crippen LogP contribution is -2.35. The van der Waals surface area contributed by atoms with Gasteiger partial charge in [0.1, 0.15) is 0 Å². The molecule has 1 aromatic rings. The predicted octanol–water partition coefficient (Wildman–Crippen LogP) is 1.85. The van der Waals surface area contributed by atoms with E-state index in [2.05, 4.69) is 29.2 Å². The zero-order valence-corrected chi connectivity index (χ0v) is 13.1. The van der Waals surface area contributed by atoms with Gasteiger partial charge in [-0.2, -0.15) is 0 Å². The molecular formula is C17H27NO3. The van der Waals surface area contributed by atoms with E-state index in [4.69, 9.17) is 9.47 Å². The first-order chi connectivity index (χ1) is 10.2. The number of ether oxygens (including phenoxy) is 2. The molecular weight excluding hydrogens is 266 g/mol. The molecule has 0 radical (unpaired) electrons. The van der Waals surface area contributed by atoms with E-state index >= 15 is 0 Å². The minimum absolute atomic E-state index is 0.0227. The summed E-state index contributed by atoms with van der Waals surface area (Å²) in [6.07, 6.45) is 1.85. The largest absolute Gasteiger partial charge is 0.389 e. The van der Waals surface area contributed by atoms with Crippen LogP contribution >= 0.6 is 0 Å². The molecule has 0 saturated carbocycles. The fourth-order valence-corrected chi connectivity index (χ4v) is 2.83. The molecule has 0 saturated heterocycles. The van der Waals surface area contributed by atoms with Crippen molar-refractivity contribution in [3.63, 3.8) is 0 Å². The van der Waals surface area contributed by atoms with E-state index in [1.807, 2.05) is 6.92 Å². The van der Waals surface area contributed by atoms with Gasteiger partial charge in [-0.05, 0) is 37.4 Å². The second-order valence-corrected chi connectivity index (χ2v) is 5.86. The lowest BCUT2D eigenvalue weighted by molar-refractivity contribution is -0.0402. The van der Waals surface area contributed by atoms with Crippen LogP contribution in [0.4, 0.5) is 0 Å². The third-order valence-corrected chi connectivity index (χ3v) is 3.88. The van der Waals surface area contributed by atoms with Gasteiger partial charge in [0.2, 0.25) is 0 Å². The molecule has 0 aromatic heterocycles. The molecule has 1 aliphatic heterocycles. The maximum atomic E-state index is 10.2. The van der Waals surface area contributed by atoms with E-state index in [0.717, 1.165) is 25.9 Å². The van der Waals surface area contributed by atoms with Crippen LogP contribution in [0.1, 0.15) is 24.5 Å². The number of aryl methyl sites for hydroxylation is 1. The van der Waals surface area contributed by atoms with Gasteiger partial charge in [-0.15, -0.1) is 0 Å². The van der Waals surface area contributed by atoms with Gasteiger partial charge in [0.05, 0.1) is 25.4 Å². The number of benzene rings is 1. The van der Waals surface area contributed by atoms with Gasteiger partial charge in [0, 0.05) is 20.2 Å². The summed E-state index contributed by atoms with van der Waals surface area (Å²) in [5.74, 6) is 0. The van der Waals surface area contributed by atoms with Crippen molar-refractivity contribution >= 4 is 0 Å².